The Morgan fingerprint density at radius 2 is 0.968 bits per heavy atom. The fraction of sp³-hybridized carbons (Fsp3) is 0.140. The van der Waals surface area contributed by atoms with Crippen LogP contribution in [0.4, 0.5) is 0 Å². The highest BCUT2D eigenvalue weighted by Crippen LogP contribution is 2.48. The number of hydrogen-bond donors (Lipinski definition) is 0. The van der Waals surface area contributed by atoms with E-state index in [0.29, 0.717) is 17.6 Å². The number of rotatable bonds is 5. The van der Waals surface area contributed by atoms with Crippen molar-refractivity contribution >= 4 is 54.4 Å². The van der Waals surface area contributed by atoms with Crippen LogP contribution in [0.5, 0.6) is 0 Å². The van der Waals surface area contributed by atoms with E-state index in [4.69, 9.17) is 15.0 Å². The molecule has 0 amide bonds. The number of fused-ring (bicyclic) bond motifs is 10. The third kappa shape index (κ3) is 5.58. The molecule has 0 saturated carbocycles. The molecule has 0 fully saturated rings. The third-order valence-electron chi connectivity index (χ3n) is 13.7. The first-order valence-corrected chi connectivity index (χ1v) is 21.7. The summed E-state index contributed by atoms with van der Waals surface area (Å²) in [5, 5.41) is 7.10. The molecule has 1 aliphatic rings. The molecule has 0 atom stereocenters. The van der Waals surface area contributed by atoms with Gasteiger partial charge in [0.05, 0.1) is 22.1 Å². The Labute approximate surface area is 361 Å². The van der Waals surface area contributed by atoms with Gasteiger partial charge in [-0.1, -0.05) is 173 Å². The molecule has 0 saturated heterocycles. The van der Waals surface area contributed by atoms with Gasteiger partial charge in [-0.2, -0.15) is 9.97 Å². The van der Waals surface area contributed by atoms with Gasteiger partial charge in [0.1, 0.15) is 0 Å². The zero-order chi connectivity index (χ0) is 41.7. The van der Waals surface area contributed by atoms with E-state index in [1.807, 2.05) is 24.3 Å². The Bertz CT molecular complexity index is 3560. The molecular weight excluding hydrogens is 755 g/mol. The summed E-state index contributed by atoms with van der Waals surface area (Å²) in [6.45, 7) is 9.62. The number of aromatic nitrogens is 5. The molecule has 3 heterocycles. The Kier molecular flexibility index (Phi) is 7.98. The molecule has 0 aliphatic heterocycles. The van der Waals surface area contributed by atoms with Gasteiger partial charge in [0, 0.05) is 38.4 Å². The van der Waals surface area contributed by atoms with E-state index in [-0.39, 0.29) is 10.8 Å². The first-order valence-electron chi connectivity index (χ1n) is 21.7. The van der Waals surface area contributed by atoms with Gasteiger partial charge in [-0.15, -0.1) is 0 Å². The van der Waals surface area contributed by atoms with Crippen LogP contribution in [0.2, 0.25) is 0 Å². The van der Waals surface area contributed by atoms with Crippen molar-refractivity contribution in [2.24, 2.45) is 0 Å². The fourth-order valence-electron chi connectivity index (χ4n) is 10.3. The van der Waals surface area contributed by atoms with Crippen molar-refractivity contribution in [3.05, 3.63) is 187 Å². The molecule has 298 valence electrons. The number of para-hydroxylation sites is 1. The summed E-state index contributed by atoms with van der Waals surface area (Å²) >= 11 is 0. The standard InChI is InChI=1S/C57H45N5/c1-56(2)33-34-57(3,4)46-35-41(28-30-45(46)56)61-47-22-14-13-21-43(47)51-49(61)32-29-44-50-42-20-12-11-17-38(42)27-31-48(50)62(52(44)51)55-59-53(39-18-9-6-10-19-39)58-54(60-55)40-25-23-37(24-26-40)36-15-7-5-8-16-36/h5-32,35H,33-34H2,1-4H3. The Hall–Kier alpha value is -7.37. The van der Waals surface area contributed by atoms with E-state index in [9.17, 15) is 0 Å². The van der Waals surface area contributed by atoms with Crippen molar-refractivity contribution in [1.82, 2.24) is 24.1 Å². The maximum Gasteiger partial charge on any atom is 0.238 e. The Morgan fingerprint density at radius 1 is 0.403 bits per heavy atom. The smallest absolute Gasteiger partial charge is 0.238 e. The second-order valence-electron chi connectivity index (χ2n) is 18.3. The van der Waals surface area contributed by atoms with Gasteiger partial charge >= 0.3 is 0 Å². The topological polar surface area (TPSA) is 48.5 Å². The van der Waals surface area contributed by atoms with Gasteiger partial charge in [0.2, 0.25) is 5.95 Å². The molecule has 1 aliphatic carbocycles. The molecule has 3 aromatic heterocycles. The Balaban J connectivity index is 1.18. The van der Waals surface area contributed by atoms with Crippen LogP contribution in [0.3, 0.4) is 0 Å². The zero-order valence-electron chi connectivity index (χ0n) is 35.4. The minimum Gasteiger partial charge on any atom is -0.309 e. The molecule has 0 N–H and O–H groups in total. The molecule has 62 heavy (non-hydrogen) atoms. The van der Waals surface area contributed by atoms with Gasteiger partial charge in [-0.05, 0) is 87.0 Å². The minimum atomic E-state index is 0.0785. The average Bonchev–Trinajstić information content (AvgIpc) is 3.84. The monoisotopic (exact) mass is 799 g/mol. The van der Waals surface area contributed by atoms with Crippen molar-refractivity contribution in [1.29, 1.82) is 0 Å². The highest BCUT2D eigenvalue weighted by Gasteiger charge is 2.37. The lowest BCUT2D eigenvalue weighted by atomic mass is 9.63. The third-order valence-corrected chi connectivity index (χ3v) is 13.7. The van der Waals surface area contributed by atoms with Crippen LogP contribution in [-0.2, 0) is 10.8 Å². The maximum atomic E-state index is 5.42. The van der Waals surface area contributed by atoms with Crippen LogP contribution >= 0.6 is 0 Å². The van der Waals surface area contributed by atoms with E-state index >= 15 is 0 Å². The summed E-state index contributed by atoms with van der Waals surface area (Å²) in [5.41, 5.74) is 12.9. The van der Waals surface area contributed by atoms with Crippen molar-refractivity contribution in [3.8, 4) is 45.5 Å². The minimum absolute atomic E-state index is 0.0785. The van der Waals surface area contributed by atoms with Crippen LogP contribution in [0.25, 0.3) is 99.9 Å². The largest absolute Gasteiger partial charge is 0.309 e. The van der Waals surface area contributed by atoms with Gasteiger partial charge in [0.15, 0.2) is 11.6 Å². The van der Waals surface area contributed by atoms with Crippen LogP contribution in [0.15, 0.2) is 176 Å². The van der Waals surface area contributed by atoms with Crippen molar-refractivity contribution in [3.63, 3.8) is 0 Å². The first kappa shape index (κ1) is 36.5. The second-order valence-corrected chi connectivity index (χ2v) is 18.3. The molecule has 0 bridgehead atoms. The summed E-state index contributed by atoms with van der Waals surface area (Å²) in [7, 11) is 0. The van der Waals surface area contributed by atoms with E-state index < -0.39 is 0 Å². The van der Waals surface area contributed by atoms with E-state index in [1.165, 1.54) is 61.2 Å². The number of benzene rings is 8. The van der Waals surface area contributed by atoms with Gasteiger partial charge in [0.25, 0.3) is 0 Å². The Morgan fingerprint density at radius 3 is 1.71 bits per heavy atom. The van der Waals surface area contributed by atoms with Gasteiger partial charge in [-0.3, -0.25) is 4.57 Å². The van der Waals surface area contributed by atoms with Gasteiger partial charge in [-0.25, -0.2) is 4.98 Å². The van der Waals surface area contributed by atoms with Crippen molar-refractivity contribution in [2.75, 3.05) is 0 Å². The predicted molar refractivity (Wildman–Crippen MR) is 258 cm³/mol. The van der Waals surface area contributed by atoms with E-state index in [1.54, 1.807) is 0 Å². The lowest BCUT2D eigenvalue weighted by Crippen LogP contribution is -2.33. The van der Waals surface area contributed by atoms with Crippen LogP contribution < -0.4 is 0 Å². The lowest BCUT2D eigenvalue weighted by Gasteiger charge is -2.42. The molecule has 12 rings (SSSR count). The molecule has 0 unspecified atom stereocenters. The summed E-state index contributed by atoms with van der Waals surface area (Å²) in [4.78, 5) is 16.0. The van der Waals surface area contributed by atoms with Crippen molar-refractivity contribution < 1.29 is 0 Å². The number of nitrogens with zero attached hydrogens (tertiary/aromatic N) is 5. The first-order chi connectivity index (χ1) is 30.2. The lowest BCUT2D eigenvalue weighted by molar-refractivity contribution is 0.332. The molecule has 5 heteroatoms. The summed E-state index contributed by atoms with van der Waals surface area (Å²) < 4.78 is 4.79. The molecular formula is C57H45N5. The summed E-state index contributed by atoms with van der Waals surface area (Å²) in [6, 6.07) is 63.3. The van der Waals surface area contributed by atoms with Crippen LogP contribution in [0.1, 0.15) is 51.7 Å². The number of hydrogen-bond acceptors (Lipinski definition) is 3. The molecule has 0 radical (unpaired) electrons. The average molecular weight is 800 g/mol. The molecule has 0 spiro atoms. The SMILES string of the molecule is CC1(C)CCC(C)(C)c2cc(-n3c4ccccc4c4c3ccc3c5c6ccccc6ccc5n(-c5nc(-c6ccccc6)nc(-c6ccc(-c7ccccc7)cc6)n5)c34)ccc21. The maximum absolute atomic E-state index is 5.42. The normalized spacial score (nSPS) is 14.6. The van der Waals surface area contributed by atoms with Crippen LogP contribution in [-0.4, -0.2) is 24.1 Å². The molecule has 8 aromatic carbocycles. The van der Waals surface area contributed by atoms with Crippen LogP contribution in [0, 0.1) is 0 Å². The summed E-state index contributed by atoms with van der Waals surface area (Å²) in [5.74, 6) is 1.83. The van der Waals surface area contributed by atoms with Gasteiger partial charge < -0.3 is 4.57 Å². The van der Waals surface area contributed by atoms with E-state index in [0.717, 1.165) is 45.0 Å². The highest BCUT2D eigenvalue weighted by molar-refractivity contribution is 6.30. The summed E-state index contributed by atoms with van der Waals surface area (Å²) in [6.07, 6.45) is 2.34. The van der Waals surface area contributed by atoms with Crippen molar-refractivity contribution in [2.45, 2.75) is 51.4 Å². The predicted octanol–water partition coefficient (Wildman–Crippen LogP) is 14.6. The fourth-order valence-corrected chi connectivity index (χ4v) is 10.3. The molecule has 5 nitrogen and oxygen atoms in total. The zero-order valence-corrected chi connectivity index (χ0v) is 35.4. The molecule has 11 aromatic rings. The quantitative estimate of drug-likeness (QED) is 0.174. The van der Waals surface area contributed by atoms with E-state index in [2.05, 4.69) is 188 Å². The second kappa shape index (κ2) is 13.6. The highest BCUT2D eigenvalue weighted by atomic mass is 15.2.